The molecule has 0 saturated heterocycles. The highest BCUT2D eigenvalue weighted by Gasteiger charge is 2.30. The number of nitrogens with one attached hydrogen (secondary N) is 1. The number of benzene rings is 2. The molecule has 0 fully saturated rings. The fraction of sp³-hybridized carbons (Fsp3) is 0.235. The van der Waals surface area contributed by atoms with E-state index in [1.54, 1.807) is 0 Å². The molecule has 0 heterocycles. The van der Waals surface area contributed by atoms with E-state index in [-0.39, 0.29) is 12.4 Å². The van der Waals surface area contributed by atoms with Crippen molar-refractivity contribution in [3.63, 3.8) is 0 Å². The Morgan fingerprint density at radius 3 is 2.57 bits per heavy atom. The molecule has 122 valence electrons. The van der Waals surface area contributed by atoms with Gasteiger partial charge in [0.25, 0.3) is 5.91 Å². The fourth-order valence-corrected chi connectivity index (χ4v) is 1.96. The predicted octanol–water partition coefficient (Wildman–Crippen LogP) is 3.71. The van der Waals surface area contributed by atoms with Crippen molar-refractivity contribution in [2.75, 3.05) is 6.61 Å². The quantitative estimate of drug-likeness (QED) is 0.911. The van der Waals surface area contributed by atoms with Crippen LogP contribution in [0.5, 0.6) is 5.75 Å². The Labute approximate surface area is 132 Å². The summed E-state index contributed by atoms with van der Waals surface area (Å²) in [4.78, 5) is 11.7. The van der Waals surface area contributed by atoms with Crippen molar-refractivity contribution in [1.82, 2.24) is 5.32 Å². The molecule has 0 unspecified atom stereocenters. The molecular weight excluding hydrogens is 307 g/mol. The van der Waals surface area contributed by atoms with Crippen LogP contribution in [-0.2, 0) is 17.5 Å². The Hall–Kier alpha value is -2.50. The van der Waals surface area contributed by atoms with Gasteiger partial charge in [-0.15, -0.1) is 0 Å². The van der Waals surface area contributed by atoms with Gasteiger partial charge in [-0.25, -0.2) is 0 Å². The normalized spacial score (nSPS) is 11.1. The Morgan fingerprint density at radius 2 is 1.87 bits per heavy atom. The maximum absolute atomic E-state index is 12.6. The molecular formula is C17H16F3NO2. The van der Waals surface area contributed by atoms with E-state index in [1.807, 2.05) is 31.2 Å². The first-order valence-electron chi connectivity index (χ1n) is 6.97. The van der Waals surface area contributed by atoms with E-state index < -0.39 is 17.6 Å². The SMILES string of the molecule is Cc1ccccc1CNC(=O)COc1cccc(C(F)(F)F)c1. The average molecular weight is 323 g/mol. The number of rotatable bonds is 5. The zero-order valence-corrected chi connectivity index (χ0v) is 12.5. The highest BCUT2D eigenvalue weighted by atomic mass is 19.4. The third kappa shape index (κ3) is 5.02. The van der Waals surface area contributed by atoms with Gasteiger partial charge < -0.3 is 10.1 Å². The van der Waals surface area contributed by atoms with Crippen molar-refractivity contribution < 1.29 is 22.7 Å². The average Bonchev–Trinajstić information content (AvgIpc) is 2.51. The molecule has 2 aromatic rings. The lowest BCUT2D eigenvalue weighted by molar-refractivity contribution is -0.137. The van der Waals surface area contributed by atoms with Gasteiger partial charge in [-0.1, -0.05) is 30.3 Å². The summed E-state index contributed by atoms with van der Waals surface area (Å²) in [7, 11) is 0. The molecule has 2 aromatic carbocycles. The van der Waals surface area contributed by atoms with Crippen LogP contribution in [0.2, 0.25) is 0 Å². The Morgan fingerprint density at radius 1 is 1.13 bits per heavy atom. The Kier molecular flexibility index (Phi) is 5.26. The molecule has 1 N–H and O–H groups in total. The van der Waals surface area contributed by atoms with Gasteiger partial charge in [0, 0.05) is 6.54 Å². The van der Waals surface area contributed by atoms with Crippen LogP contribution < -0.4 is 10.1 Å². The minimum Gasteiger partial charge on any atom is -0.484 e. The number of carbonyl (C=O) groups is 1. The summed E-state index contributed by atoms with van der Waals surface area (Å²) in [5.41, 5.74) is 1.21. The number of hydrogen-bond donors (Lipinski definition) is 1. The lowest BCUT2D eigenvalue weighted by atomic mass is 10.1. The molecule has 0 aliphatic heterocycles. The Balaban J connectivity index is 1.86. The predicted molar refractivity (Wildman–Crippen MR) is 80.0 cm³/mol. The van der Waals surface area contributed by atoms with Gasteiger partial charge in [0.1, 0.15) is 5.75 Å². The third-order valence-corrected chi connectivity index (χ3v) is 3.27. The van der Waals surface area contributed by atoms with Crippen LogP contribution >= 0.6 is 0 Å². The minimum atomic E-state index is -4.44. The number of hydrogen-bond acceptors (Lipinski definition) is 2. The molecule has 2 rings (SSSR count). The second-order valence-corrected chi connectivity index (χ2v) is 5.02. The zero-order valence-electron chi connectivity index (χ0n) is 12.5. The van der Waals surface area contributed by atoms with Crippen molar-refractivity contribution in [3.8, 4) is 5.75 Å². The summed E-state index contributed by atoms with van der Waals surface area (Å²) in [6.45, 7) is 1.94. The highest BCUT2D eigenvalue weighted by molar-refractivity contribution is 5.77. The molecule has 6 heteroatoms. The number of carbonyl (C=O) groups excluding carboxylic acids is 1. The standard InChI is InChI=1S/C17H16F3NO2/c1-12-5-2-3-6-13(12)10-21-16(22)11-23-15-8-4-7-14(9-15)17(18,19)20/h2-9H,10-11H2,1H3,(H,21,22). The van der Waals surface area contributed by atoms with Crippen LogP contribution in [0.25, 0.3) is 0 Å². The van der Waals surface area contributed by atoms with Crippen LogP contribution in [0.4, 0.5) is 13.2 Å². The first kappa shape index (κ1) is 16.9. The lowest BCUT2D eigenvalue weighted by Gasteiger charge is -2.11. The number of alkyl halides is 3. The molecule has 0 bridgehead atoms. The monoisotopic (exact) mass is 323 g/mol. The van der Waals surface area contributed by atoms with Gasteiger partial charge >= 0.3 is 6.18 Å². The van der Waals surface area contributed by atoms with Gasteiger partial charge in [-0.05, 0) is 36.2 Å². The highest BCUT2D eigenvalue weighted by Crippen LogP contribution is 2.31. The minimum absolute atomic E-state index is 0.00543. The van der Waals surface area contributed by atoms with Crippen LogP contribution in [0.15, 0.2) is 48.5 Å². The molecule has 23 heavy (non-hydrogen) atoms. The van der Waals surface area contributed by atoms with Crippen LogP contribution in [0.3, 0.4) is 0 Å². The van der Waals surface area contributed by atoms with E-state index in [4.69, 9.17) is 4.74 Å². The third-order valence-electron chi connectivity index (χ3n) is 3.27. The maximum Gasteiger partial charge on any atom is 0.416 e. The molecule has 0 aliphatic carbocycles. The zero-order chi connectivity index (χ0) is 16.9. The first-order chi connectivity index (χ1) is 10.9. The van der Waals surface area contributed by atoms with E-state index in [9.17, 15) is 18.0 Å². The lowest BCUT2D eigenvalue weighted by Crippen LogP contribution is -2.28. The number of ether oxygens (including phenoxy) is 1. The molecule has 0 aromatic heterocycles. The number of halogens is 3. The molecule has 0 atom stereocenters. The summed E-state index contributed by atoms with van der Waals surface area (Å²) in [5.74, 6) is -0.392. The van der Waals surface area contributed by atoms with Crippen LogP contribution in [0, 0.1) is 6.92 Å². The topological polar surface area (TPSA) is 38.3 Å². The molecule has 0 radical (unpaired) electrons. The van der Waals surface area contributed by atoms with Crippen molar-refractivity contribution in [2.45, 2.75) is 19.6 Å². The van der Waals surface area contributed by atoms with Crippen LogP contribution in [0.1, 0.15) is 16.7 Å². The van der Waals surface area contributed by atoms with Gasteiger partial charge in [0.05, 0.1) is 5.56 Å². The van der Waals surface area contributed by atoms with Crippen LogP contribution in [-0.4, -0.2) is 12.5 Å². The molecule has 0 spiro atoms. The van der Waals surface area contributed by atoms with Gasteiger partial charge in [-0.3, -0.25) is 4.79 Å². The summed E-state index contributed by atoms with van der Waals surface area (Å²) in [6, 6.07) is 12.0. The largest absolute Gasteiger partial charge is 0.484 e. The first-order valence-corrected chi connectivity index (χ1v) is 6.97. The molecule has 0 saturated carbocycles. The van der Waals surface area contributed by atoms with E-state index >= 15 is 0 Å². The molecule has 0 aliphatic rings. The van der Waals surface area contributed by atoms with Crippen molar-refractivity contribution in [1.29, 1.82) is 0 Å². The maximum atomic E-state index is 12.6. The van der Waals surface area contributed by atoms with E-state index in [2.05, 4.69) is 5.32 Å². The second-order valence-electron chi connectivity index (χ2n) is 5.02. The number of aryl methyl sites for hydroxylation is 1. The summed E-state index contributed by atoms with van der Waals surface area (Å²) < 4.78 is 42.8. The van der Waals surface area contributed by atoms with Crippen molar-refractivity contribution in [2.24, 2.45) is 0 Å². The van der Waals surface area contributed by atoms with Gasteiger partial charge in [-0.2, -0.15) is 13.2 Å². The fourth-order valence-electron chi connectivity index (χ4n) is 1.96. The van der Waals surface area contributed by atoms with E-state index in [0.29, 0.717) is 6.54 Å². The van der Waals surface area contributed by atoms with E-state index in [0.717, 1.165) is 23.3 Å². The second kappa shape index (κ2) is 7.17. The smallest absolute Gasteiger partial charge is 0.416 e. The van der Waals surface area contributed by atoms with Gasteiger partial charge in [0.15, 0.2) is 6.61 Å². The molecule has 1 amide bonds. The Bertz CT molecular complexity index is 684. The number of amides is 1. The summed E-state index contributed by atoms with van der Waals surface area (Å²) in [5, 5.41) is 2.67. The van der Waals surface area contributed by atoms with Crippen molar-refractivity contribution >= 4 is 5.91 Å². The summed E-state index contributed by atoms with van der Waals surface area (Å²) >= 11 is 0. The summed E-state index contributed by atoms with van der Waals surface area (Å²) in [6.07, 6.45) is -4.44. The molecule has 3 nitrogen and oxygen atoms in total. The van der Waals surface area contributed by atoms with Crippen molar-refractivity contribution in [3.05, 3.63) is 65.2 Å². The van der Waals surface area contributed by atoms with Gasteiger partial charge in [0.2, 0.25) is 0 Å². The van der Waals surface area contributed by atoms with E-state index in [1.165, 1.54) is 12.1 Å².